The van der Waals surface area contributed by atoms with Crippen molar-refractivity contribution in [3.05, 3.63) is 24.3 Å². The molecule has 0 aromatic heterocycles. The van der Waals surface area contributed by atoms with Gasteiger partial charge in [0, 0.05) is 5.69 Å². The minimum Gasteiger partial charge on any atom is -0.494 e. The van der Waals surface area contributed by atoms with Gasteiger partial charge in [0.1, 0.15) is 5.75 Å². The standard InChI is InChI=1S/C11H17NO3S/c1-2-3-4-9-15-11-7-5-10(6-8-11)12-16(13)14/h5-8,12H,2-4,9H2,1H3,(H,13,14). The smallest absolute Gasteiger partial charge is 0.259 e. The number of benzene rings is 1. The summed E-state index contributed by atoms with van der Waals surface area (Å²) in [5.41, 5.74) is 0.599. The van der Waals surface area contributed by atoms with Crippen LogP contribution in [0.25, 0.3) is 0 Å². The van der Waals surface area contributed by atoms with Gasteiger partial charge >= 0.3 is 0 Å². The van der Waals surface area contributed by atoms with Crippen molar-refractivity contribution in [3.8, 4) is 5.75 Å². The fraction of sp³-hybridized carbons (Fsp3) is 0.455. The van der Waals surface area contributed by atoms with Crippen molar-refractivity contribution in [3.63, 3.8) is 0 Å². The molecule has 1 aromatic carbocycles. The van der Waals surface area contributed by atoms with Crippen molar-refractivity contribution >= 4 is 17.0 Å². The van der Waals surface area contributed by atoms with Crippen LogP contribution >= 0.6 is 0 Å². The molecule has 0 saturated carbocycles. The Balaban J connectivity index is 2.36. The van der Waals surface area contributed by atoms with Gasteiger partial charge in [0.2, 0.25) is 0 Å². The zero-order valence-electron chi connectivity index (χ0n) is 9.31. The summed E-state index contributed by atoms with van der Waals surface area (Å²) in [6.45, 7) is 2.86. The maximum absolute atomic E-state index is 10.5. The summed E-state index contributed by atoms with van der Waals surface area (Å²) < 4.78 is 27.0. The molecule has 0 radical (unpaired) electrons. The molecule has 0 fully saturated rings. The summed E-state index contributed by atoms with van der Waals surface area (Å²) in [5.74, 6) is 0.783. The van der Waals surface area contributed by atoms with Crippen molar-refractivity contribution in [2.45, 2.75) is 26.2 Å². The Morgan fingerprint density at radius 1 is 1.31 bits per heavy atom. The topological polar surface area (TPSA) is 58.6 Å². The molecule has 5 heteroatoms. The van der Waals surface area contributed by atoms with Crippen LogP contribution in [0.15, 0.2) is 24.3 Å². The number of ether oxygens (including phenoxy) is 1. The molecule has 0 saturated heterocycles. The van der Waals surface area contributed by atoms with Crippen LogP contribution in [0, 0.1) is 0 Å². The molecule has 16 heavy (non-hydrogen) atoms. The molecule has 0 amide bonds. The zero-order chi connectivity index (χ0) is 11.8. The molecule has 0 aliphatic heterocycles. The first kappa shape index (κ1) is 13.0. The molecule has 90 valence electrons. The second-order valence-corrected chi connectivity index (χ2v) is 4.13. The third-order valence-electron chi connectivity index (χ3n) is 2.08. The van der Waals surface area contributed by atoms with E-state index < -0.39 is 11.3 Å². The van der Waals surface area contributed by atoms with Crippen LogP contribution in [0.1, 0.15) is 26.2 Å². The van der Waals surface area contributed by atoms with E-state index in [1.165, 1.54) is 12.8 Å². The molecule has 0 spiro atoms. The number of anilines is 1. The predicted octanol–water partition coefficient (Wildman–Crippen LogP) is 2.80. The van der Waals surface area contributed by atoms with Crippen molar-refractivity contribution in [1.82, 2.24) is 0 Å². The first-order valence-electron chi connectivity index (χ1n) is 5.32. The SMILES string of the molecule is CCCCCOc1ccc(NS(=O)O)cc1. The lowest BCUT2D eigenvalue weighted by molar-refractivity contribution is 0.306. The monoisotopic (exact) mass is 243 g/mol. The van der Waals surface area contributed by atoms with Crippen LogP contribution in [0.5, 0.6) is 5.75 Å². The third kappa shape index (κ3) is 5.14. The maximum atomic E-state index is 10.5. The molecule has 1 atom stereocenters. The van der Waals surface area contributed by atoms with Gasteiger partial charge in [-0.25, -0.2) is 4.21 Å². The van der Waals surface area contributed by atoms with Gasteiger partial charge in [-0.3, -0.25) is 9.27 Å². The number of hydrogen-bond donors (Lipinski definition) is 2. The van der Waals surface area contributed by atoms with Gasteiger partial charge in [0.25, 0.3) is 11.3 Å². The summed E-state index contributed by atoms with van der Waals surface area (Å²) in [5, 5.41) is 0. The normalized spacial score (nSPS) is 12.1. The number of nitrogens with one attached hydrogen (secondary N) is 1. The molecular formula is C11H17NO3S. The van der Waals surface area contributed by atoms with E-state index in [1.54, 1.807) is 24.3 Å². The number of unbranched alkanes of at least 4 members (excludes halogenated alkanes) is 2. The summed E-state index contributed by atoms with van der Waals surface area (Å²) in [6, 6.07) is 6.98. The van der Waals surface area contributed by atoms with E-state index in [1.807, 2.05) is 0 Å². The van der Waals surface area contributed by atoms with Crippen LogP contribution in [0.3, 0.4) is 0 Å². The quantitative estimate of drug-likeness (QED) is 0.572. The van der Waals surface area contributed by atoms with Crippen molar-refractivity contribution in [1.29, 1.82) is 0 Å². The van der Waals surface area contributed by atoms with Crippen LogP contribution in [-0.4, -0.2) is 15.4 Å². The fourth-order valence-electron chi connectivity index (χ4n) is 1.26. The zero-order valence-corrected chi connectivity index (χ0v) is 10.1. The molecule has 1 aromatic rings. The molecule has 0 aliphatic rings. The average molecular weight is 243 g/mol. The van der Waals surface area contributed by atoms with E-state index in [2.05, 4.69) is 11.6 Å². The fourth-order valence-corrected chi connectivity index (χ4v) is 1.60. The van der Waals surface area contributed by atoms with Crippen molar-refractivity contribution < 1.29 is 13.5 Å². The van der Waals surface area contributed by atoms with E-state index in [0.29, 0.717) is 12.3 Å². The maximum Gasteiger partial charge on any atom is 0.259 e. The van der Waals surface area contributed by atoms with Gasteiger partial charge in [-0.15, -0.1) is 0 Å². The Bertz CT molecular complexity index is 327. The lowest BCUT2D eigenvalue weighted by Gasteiger charge is -2.06. The molecule has 1 rings (SSSR count). The molecule has 0 aliphatic carbocycles. The second-order valence-electron chi connectivity index (χ2n) is 3.43. The van der Waals surface area contributed by atoms with Crippen LogP contribution in [0.4, 0.5) is 5.69 Å². The Morgan fingerprint density at radius 3 is 2.56 bits per heavy atom. The Morgan fingerprint density at radius 2 is 2.00 bits per heavy atom. The van der Waals surface area contributed by atoms with E-state index in [0.717, 1.165) is 12.2 Å². The highest BCUT2D eigenvalue weighted by Gasteiger charge is 1.97. The van der Waals surface area contributed by atoms with Crippen molar-refractivity contribution in [2.24, 2.45) is 0 Å². The molecule has 2 N–H and O–H groups in total. The van der Waals surface area contributed by atoms with E-state index >= 15 is 0 Å². The van der Waals surface area contributed by atoms with E-state index in [4.69, 9.17) is 9.29 Å². The predicted molar refractivity (Wildman–Crippen MR) is 65.9 cm³/mol. The summed E-state index contributed by atoms with van der Waals surface area (Å²) in [7, 11) is 0. The first-order valence-corrected chi connectivity index (χ1v) is 6.43. The highest BCUT2D eigenvalue weighted by atomic mass is 32.2. The Labute approximate surface area is 98.4 Å². The number of rotatable bonds is 7. The van der Waals surface area contributed by atoms with Gasteiger partial charge in [-0.05, 0) is 30.7 Å². The highest BCUT2D eigenvalue weighted by Crippen LogP contribution is 2.16. The van der Waals surface area contributed by atoms with Gasteiger partial charge in [0.15, 0.2) is 0 Å². The minimum absolute atomic E-state index is 0.599. The lowest BCUT2D eigenvalue weighted by Crippen LogP contribution is -2.02. The summed E-state index contributed by atoms with van der Waals surface area (Å²) in [4.78, 5) is 0. The lowest BCUT2D eigenvalue weighted by atomic mass is 10.2. The van der Waals surface area contributed by atoms with Crippen LogP contribution in [-0.2, 0) is 11.3 Å². The van der Waals surface area contributed by atoms with Crippen LogP contribution < -0.4 is 9.46 Å². The van der Waals surface area contributed by atoms with Crippen LogP contribution in [0.2, 0.25) is 0 Å². The van der Waals surface area contributed by atoms with Gasteiger partial charge < -0.3 is 4.74 Å². The first-order chi connectivity index (χ1) is 7.72. The second kappa shape index (κ2) is 7.24. The van der Waals surface area contributed by atoms with Gasteiger partial charge in [-0.1, -0.05) is 19.8 Å². The summed E-state index contributed by atoms with van der Waals surface area (Å²) in [6.07, 6.45) is 3.40. The molecular weight excluding hydrogens is 226 g/mol. The molecule has 1 unspecified atom stereocenters. The average Bonchev–Trinajstić information content (AvgIpc) is 2.26. The van der Waals surface area contributed by atoms with E-state index in [-0.39, 0.29) is 0 Å². The van der Waals surface area contributed by atoms with Crippen molar-refractivity contribution in [2.75, 3.05) is 11.3 Å². The molecule has 0 heterocycles. The third-order valence-corrected chi connectivity index (χ3v) is 2.49. The Hall–Kier alpha value is -1.07. The van der Waals surface area contributed by atoms with Gasteiger partial charge in [-0.2, -0.15) is 0 Å². The Kier molecular flexibility index (Phi) is 5.88. The largest absolute Gasteiger partial charge is 0.494 e. The van der Waals surface area contributed by atoms with E-state index in [9.17, 15) is 4.21 Å². The number of hydrogen-bond acceptors (Lipinski definition) is 2. The van der Waals surface area contributed by atoms with Gasteiger partial charge in [0.05, 0.1) is 6.61 Å². The highest BCUT2D eigenvalue weighted by molar-refractivity contribution is 7.80. The summed E-state index contributed by atoms with van der Waals surface area (Å²) >= 11 is -2.02. The molecule has 4 nitrogen and oxygen atoms in total. The minimum atomic E-state index is -2.02. The molecule has 0 bridgehead atoms.